The van der Waals surface area contributed by atoms with E-state index in [1.807, 2.05) is 0 Å². The highest BCUT2D eigenvalue weighted by Crippen LogP contribution is 2.14. The van der Waals surface area contributed by atoms with E-state index in [1.54, 1.807) is 13.0 Å². The van der Waals surface area contributed by atoms with Crippen LogP contribution in [0.5, 0.6) is 0 Å². The lowest BCUT2D eigenvalue weighted by molar-refractivity contribution is -0.138. The molecular formula is C11H12N4O3. The molecule has 0 aromatic carbocycles. The molecule has 2 heterocycles. The van der Waals surface area contributed by atoms with Gasteiger partial charge >= 0.3 is 0 Å². The van der Waals surface area contributed by atoms with Gasteiger partial charge in [-0.2, -0.15) is 0 Å². The second-order valence-corrected chi connectivity index (χ2v) is 3.96. The first kappa shape index (κ1) is 12.0. The Hall–Kier alpha value is -2.44. The first-order valence-corrected chi connectivity index (χ1v) is 5.36. The molecule has 7 heteroatoms. The van der Waals surface area contributed by atoms with Crippen LogP contribution in [0.25, 0.3) is 0 Å². The molecule has 94 valence electrons. The van der Waals surface area contributed by atoms with Crippen LogP contribution in [0.2, 0.25) is 0 Å². The van der Waals surface area contributed by atoms with Crippen molar-refractivity contribution in [3.63, 3.8) is 0 Å². The Balaban J connectivity index is 2.31. The maximum absolute atomic E-state index is 12.2. The van der Waals surface area contributed by atoms with Crippen molar-refractivity contribution >= 4 is 23.4 Å². The van der Waals surface area contributed by atoms with Gasteiger partial charge in [0.25, 0.3) is 5.91 Å². The van der Waals surface area contributed by atoms with Crippen LogP contribution in [0.1, 0.15) is 17.4 Å². The number of hydrogen-bond donors (Lipinski definition) is 2. The van der Waals surface area contributed by atoms with Gasteiger partial charge in [-0.25, -0.2) is 4.98 Å². The van der Waals surface area contributed by atoms with Gasteiger partial charge in [0.15, 0.2) is 5.69 Å². The number of aromatic nitrogens is 1. The predicted molar refractivity (Wildman–Crippen MR) is 62.3 cm³/mol. The third kappa shape index (κ3) is 2.02. The summed E-state index contributed by atoms with van der Waals surface area (Å²) in [6.07, 6.45) is 1.43. The molecule has 0 saturated carbocycles. The Bertz CT molecular complexity index is 529. The fourth-order valence-electron chi connectivity index (χ4n) is 1.69. The van der Waals surface area contributed by atoms with Crippen LogP contribution in [-0.4, -0.2) is 40.2 Å². The number of imide groups is 1. The van der Waals surface area contributed by atoms with E-state index in [2.05, 4.69) is 10.3 Å². The molecular weight excluding hydrogens is 236 g/mol. The van der Waals surface area contributed by atoms with Gasteiger partial charge in [-0.1, -0.05) is 0 Å². The van der Waals surface area contributed by atoms with Gasteiger partial charge in [0, 0.05) is 6.20 Å². The maximum Gasteiger partial charge on any atom is 0.275 e. The van der Waals surface area contributed by atoms with Crippen LogP contribution >= 0.6 is 0 Å². The number of piperazine rings is 1. The second kappa shape index (κ2) is 4.44. The Morgan fingerprint density at radius 3 is 2.94 bits per heavy atom. The number of nitrogen functional groups attached to an aromatic ring is 1. The minimum absolute atomic E-state index is 0.0480. The zero-order chi connectivity index (χ0) is 13.3. The van der Waals surface area contributed by atoms with Crippen molar-refractivity contribution in [3.05, 3.63) is 24.0 Å². The van der Waals surface area contributed by atoms with E-state index in [0.717, 1.165) is 4.90 Å². The summed E-state index contributed by atoms with van der Waals surface area (Å²) in [5.41, 5.74) is 5.91. The number of carbonyl (C=O) groups is 3. The molecule has 0 spiro atoms. The summed E-state index contributed by atoms with van der Waals surface area (Å²) >= 11 is 0. The second-order valence-electron chi connectivity index (χ2n) is 3.96. The van der Waals surface area contributed by atoms with E-state index in [1.165, 1.54) is 12.3 Å². The summed E-state index contributed by atoms with van der Waals surface area (Å²) in [6.45, 7) is 1.36. The topological polar surface area (TPSA) is 105 Å². The van der Waals surface area contributed by atoms with Gasteiger partial charge in [-0.05, 0) is 19.1 Å². The zero-order valence-electron chi connectivity index (χ0n) is 9.71. The van der Waals surface area contributed by atoms with Gasteiger partial charge in [0.05, 0.1) is 5.69 Å². The van der Waals surface area contributed by atoms with Crippen LogP contribution < -0.4 is 11.1 Å². The molecule has 2 rings (SSSR count). The number of anilines is 1. The zero-order valence-corrected chi connectivity index (χ0v) is 9.71. The molecule has 3 N–H and O–H groups in total. The van der Waals surface area contributed by atoms with Crippen LogP contribution in [0, 0.1) is 0 Å². The highest BCUT2D eigenvalue weighted by Gasteiger charge is 2.34. The van der Waals surface area contributed by atoms with Crippen molar-refractivity contribution in [1.29, 1.82) is 0 Å². The molecule has 1 atom stereocenters. The molecule has 7 nitrogen and oxygen atoms in total. The van der Waals surface area contributed by atoms with E-state index in [-0.39, 0.29) is 17.9 Å². The third-order valence-corrected chi connectivity index (χ3v) is 2.73. The summed E-state index contributed by atoms with van der Waals surface area (Å²) in [4.78, 5) is 39.9. The monoisotopic (exact) mass is 248 g/mol. The SMILES string of the molecule is CC1C(=O)NC(=O)CN1C(=O)c1ncccc1N. The quantitative estimate of drug-likeness (QED) is 0.630. The number of carbonyl (C=O) groups excluding carboxylic acids is 3. The van der Waals surface area contributed by atoms with Gasteiger partial charge in [-0.3, -0.25) is 19.7 Å². The van der Waals surface area contributed by atoms with Crippen LogP contribution in [0.4, 0.5) is 5.69 Å². The van der Waals surface area contributed by atoms with Crippen molar-refractivity contribution in [2.45, 2.75) is 13.0 Å². The molecule has 0 radical (unpaired) electrons. The van der Waals surface area contributed by atoms with Gasteiger partial charge < -0.3 is 10.6 Å². The number of pyridine rings is 1. The Morgan fingerprint density at radius 1 is 1.56 bits per heavy atom. The molecule has 0 aliphatic carbocycles. The van der Waals surface area contributed by atoms with E-state index in [4.69, 9.17) is 5.73 Å². The van der Waals surface area contributed by atoms with Crippen molar-refractivity contribution < 1.29 is 14.4 Å². The summed E-state index contributed by atoms with van der Waals surface area (Å²) in [7, 11) is 0. The fraction of sp³-hybridized carbons (Fsp3) is 0.273. The van der Waals surface area contributed by atoms with Gasteiger partial charge in [-0.15, -0.1) is 0 Å². The lowest BCUT2D eigenvalue weighted by atomic mass is 10.1. The molecule has 1 saturated heterocycles. The van der Waals surface area contributed by atoms with Crippen molar-refractivity contribution in [2.24, 2.45) is 0 Å². The minimum Gasteiger partial charge on any atom is -0.397 e. The van der Waals surface area contributed by atoms with Crippen molar-refractivity contribution in [3.8, 4) is 0 Å². The maximum atomic E-state index is 12.2. The number of hydrogen-bond acceptors (Lipinski definition) is 5. The summed E-state index contributed by atoms with van der Waals surface area (Å²) in [6, 6.07) is 2.41. The number of rotatable bonds is 1. The van der Waals surface area contributed by atoms with Crippen LogP contribution in [-0.2, 0) is 9.59 Å². The summed E-state index contributed by atoms with van der Waals surface area (Å²) < 4.78 is 0. The predicted octanol–water partition coefficient (Wildman–Crippen LogP) is -0.849. The standard InChI is InChI=1S/C11H12N4O3/c1-6-10(17)14-8(16)5-15(6)11(18)9-7(12)3-2-4-13-9/h2-4,6H,5,12H2,1H3,(H,14,16,17). The average Bonchev–Trinajstić information content (AvgIpc) is 2.33. The molecule has 1 fully saturated rings. The van der Waals surface area contributed by atoms with E-state index >= 15 is 0 Å². The molecule has 1 aromatic heterocycles. The molecule has 1 unspecified atom stereocenters. The number of nitrogens with one attached hydrogen (secondary N) is 1. The smallest absolute Gasteiger partial charge is 0.275 e. The molecule has 1 aliphatic heterocycles. The summed E-state index contributed by atoms with van der Waals surface area (Å²) in [5.74, 6) is -1.54. The van der Waals surface area contributed by atoms with Crippen molar-refractivity contribution in [1.82, 2.24) is 15.2 Å². The normalized spacial score (nSPS) is 19.6. The van der Waals surface area contributed by atoms with Crippen LogP contribution in [0.3, 0.4) is 0 Å². The molecule has 1 aliphatic rings. The Morgan fingerprint density at radius 2 is 2.28 bits per heavy atom. The molecule has 0 bridgehead atoms. The number of nitrogens with two attached hydrogens (primary N) is 1. The highest BCUT2D eigenvalue weighted by molar-refractivity contribution is 6.07. The molecule has 1 aromatic rings. The average molecular weight is 248 g/mol. The summed E-state index contributed by atoms with van der Waals surface area (Å²) in [5, 5.41) is 2.16. The Kier molecular flexibility index (Phi) is 2.97. The first-order valence-electron chi connectivity index (χ1n) is 5.36. The van der Waals surface area contributed by atoms with Gasteiger partial charge in [0.2, 0.25) is 11.8 Å². The largest absolute Gasteiger partial charge is 0.397 e. The minimum atomic E-state index is -0.725. The van der Waals surface area contributed by atoms with E-state index in [0.29, 0.717) is 0 Å². The highest BCUT2D eigenvalue weighted by atomic mass is 16.2. The van der Waals surface area contributed by atoms with E-state index in [9.17, 15) is 14.4 Å². The van der Waals surface area contributed by atoms with Gasteiger partial charge in [0.1, 0.15) is 12.6 Å². The van der Waals surface area contributed by atoms with E-state index < -0.39 is 23.8 Å². The van der Waals surface area contributed by atoms with Crippen LogP contribution in [0.15, 0.2) is 18.3 Å². The lowest BCUT2D eigenvalue weighted by Gasteiger charge is -2.31. The molecule has 18 heavy (non-hydrogen) atoms. The number of amides is 3. The Labute approximate surface area is 103 Å². The molecule has 3 amide bonds. The number of nitrogens with zero attached hydrogens (tertiary/aromatic N) is 2. The van der Waals surface area contributed by atoms with Crippen molar-refractivity contribution in [2.75, 3.05) is 12.3 Å². The third-order valence-electron chi connectivity index (χ3n) is 2.73. The lowest BCUT2D eigenvalue weighted by Crippen LogP contribution is -2.58. The first-order chi connectivity index (χ1) is 8.50. The fourth-order valence-corrected chi connectivity index (χ4v) is 1.69.